The largest absolute Gasteiger partial charge is 0.491 e. The zero-order chi connectivity index (χ0) is 20.9. The maximum absolute atomic E-state index is 14.6. The molecular weight excluding hydrogens is 375 g/mol. The highest BCUT2D eigenvalue weighted by atomic mass is 19.1. The Morgan fingerprint density at radius 2 is 1.79 bits per heavy atom. The molecule has 0 spiro atoms. The third kappa shape index (κ3) is 5.04. The summed E-state index contributed by atoms with van der Waals surface area (Å²) >= 11 is 0. The molecule has 0 saturated carbocycles. The molecule has 2 aromatic carbocycles. The van der Waals surface area contributed by atoms with Crippen molar-refractivity contribution in [3.05, 3.63) is 66.1 Å². The Hall–Kier alpha value is -3.10. The Balaban J connectivity index is 1.76. The standard InChI is InChI=1S/C21H25FN4O3/c1-14(2)29-18-7-3-15(4-8-18)21(23)19(22)13-24-20(26-21)25-16-5-9-17(10-6-16)28-12-11-27/h3-10,13-14,27H,11-12,23H2,1-2H3,(H2,24,25,26). The second-order valence-corrected chi connectivity index (χ2v) is 6.78. The van der Waals surface area contributed by atoms with Gasteiger partial charge in [-0.25, -0.2) is 9.38 Å². The lowest BCUT2D eigenvalue weighted by Gasteiger charge is -2.29. The molecule has 0 saturated heterocycles. The SMILES string of the molecule is CC(C)Oc1ccc(C2(N)N=C(Nc3ccc(OCCO)cc3)NC=C2F)cc1. The van der Waals surface area contributed by atoms with Gasteiger partial charge in [-0.05, 0) is 50.2 Å². The molecule has 29 heavy (non-hydrogen) atoms. The molecule has 0 fully saturated rings. The van der Waals surface area contributed by atoms with Crippen LogP contribution >= 0.6 is 0 Å². The fourth-order valence-corrected chi connectivity index (χ4v) is 2.76. The monoisotopic (exact) mass is 400 g/mol. The number of halogens is 1. The van der Waals surface area contributed by atoms with Gasteiger partial charge in [0, 0.05) is 17.5 Å². The van der Waals surface area contributed by atoms with E-state index in [1.54, 1.807) is 48.5 Å². The van der Waals surface area contributed by atoms with E-state index in [0.29, 0.717) is 28.7 Å². The third-order valence-corrected chi connectivity index (χ3v) is 4.13. The van der Waals surface area contributed by atoms with Gasteiger partial charge in [0.25, 0.3) is 0 Å². The summed E-state index contributed by atoms with van der Waals surface area (Å²) in [5, 5.41) is 14.6. The van der Waals surface area contributed by atoms with Gasteiger partial charge in [-0.15, -0.1) is 0 Å². The van der Waals surface area contributed by atoms with E-state index in [-0.39, 0.29) is 19.3 Å². The van der Waals surface area contributed by atoms with Gasteiger partial charge in [0.05, 0.1) is 12.7 Å². The first-order valence-corrected chi connectivity index (χ1v) is 9.30. The molecule has 8 heteroatoms. The van der Waals surface area contributed by atoms with Gasteiger partial charge in [-0.3, -0.25) is 5.73 Å². The fraction of sp³-hybridized carbons (Fsp3) is 0.286. The van der Waals surface area contributed by atoms with E-state index in [2.05, 4.69) is 15.6 Å². The number of anilines is 1. The van der Waals surface area contributed by atoms with Crippen LogP contribution in [-0.2, 0) is 5.66 Å². The molecule has 1 heterocycles. The van der Waals surface area contributed by atoms with Crippen LogP contribution in [0.3, 0.4) is 0 Å². The minimum atomic E-state index is -1.64. The molecule has 1 unspecified atom stereocenters. The number of guanidine groups is 1. The molecule has 2 aromatic rings. The Morgan fingerprint density at radius 3 is 2.41 bits per heavy atom. The minimum Gasteiger partial charge on any atom is -0.491 e. The first kappa shape index (κ1) is 20.6. The van der Waals surface area contributed by atoms with Crippen molar-refractivity contribution in [1.29, 1.82) is 0 Å². The number of nitrogens with zero attached hydrogens (tertiary/aromatic N) is 1. The number of aliphatic hydroxyl groups excluding tert-OH is 1. The Bertz CT molecular complexity index is 882. The summed E-state index contributed by atoms with van der Waals surface area (Å²) in [6.45, 7) is 4.03. The smallest absolute Gasteiger partial charge is 0.202 e. The van der Waals surface area contributed by atoms with Crippen molar-refractivity contribution in [3.63, 3.8) is 0 Å². The summed E-state index contributed by atoms with van der Waals surface area (Å²) in [7, 11) is 0. The highest BCUT2D eigenvalue weighted by Gasteiger charge is 2.35. The van der Waals surface area contributed by atoms with E-state index in [9.17, 15) is 4.39 Å². The lowest BCUT2D eigenvalue weighted by Crippen LogP contribution is -2.44. The van der Waals surface area contributed by atoms with Crippen molar-refractivity contribution in [2.45, 2.75) is 25.6 Å². The minimum absolute atomic E-state index is 0.0393. The lowest BCUT2D eigenvalue weighted by atomic mass is 9.99. The quantitative estimate of drug-likeness (QED) is 0.570. The van der Waals surface area contributed by atoms with Gasteiger partial charge < -0.3 is 25.2 Å². The van der Waals surface area contributed by atoms with E-state index in [0.717, 1.165) is 0 Å². The average molecular weight is 400 g/mol. The van der Waals surface area contributed by atoms with E-state index in [1.807, 2.05) is 13.8 Å². The van der Waals surface area contributed by atoms with Crippen LogP contribution in [0.25, 0.3) is 0 Å². The summed E-state index contributed by atoms with van der Waals surface area (Å²) in [4.78, 5) is 4.35. The Kier molecular flexibility index (Phi) is 6.36. The number of nitrogens with one attached hydrogen (secondary N) is 2. The van der Waals surface area contributed by atoms with Gasteiger partial charge in [0.2, 0.25) is 5.96 Å². The van der Waals surface area contributed by atoms with Crippen LogP contribution in [0.5, 0.6) is 11.5 Å². The van der Waals surface area contributed by atoms with Gasteiger partial charge >= 0.3 is 0 Å². The predicted octanol–water partition coefficient (Wildman–Crippen LogP) is 2.84. The van der Waals surface area contributed by atoms with Crippen LogP contribution in [0.1, 0.15) is 19.4 Å². The number of hydrogen-bond donors (Lipinski definition) is 4. The summed E-state index contributed by atoms with van der Waals surface area (Å²) < 4.78 is 25.5. The molecular formula is C21H25FN4O3. The van der Waals surface area contributed by atoms with Crippen LogP contribution in [-0.4, -0.2) is 30.4 Å². The third-order valence-electron chi connectivity index (χ3n) is 4.13. The van der Waals surface area contributed by atoms with E-state index in [1.165, 1.54) is 6.20 Å². The molecule has 0 amide bonds. The van der Waals surface area contributed by atoms with Crippen LogP contribution in [0.4, 0.5) is 10.1 Å². The van der Waals surface area contributed by atoms with E-state index in [4.69, 9.17) is 20.3 Å². The fourth-order valence-electron chi connectivity index (χ4n) is 2.76. The molecule has 1 atom stereocenters. The van der Waals surface area contributed by atoms with Crippen LogP contribution in [0.15, 0.2) is 65.6 Å². The number of rotatable bonds is 7. The summed E-state index contributed by atoms with van der Waals surface area (Å²) in [6, 6.07) is 13.9. The Morgan fingerprint density at radius 1 is 1.14 bits per heavy atom. The number of aliphatic hydroxyl groups is 1. The number of hydrogen-bond acceptors (Lipinski definition) is 7. The molecule has 1 aliphatic heterocycles. The van der Waals surface area contributed by atoms with Crippen molar-refractivity contribution < 1.29 is 19.0 Å². The highest BCUT2D eigenvalue weighted by molar-refractivity contribution is 5.95. The molecule has 3 rings (SSSR count). The van der Waals surface area contributed by atoms with Gasteiger partial charge in [-0.1, -0.05) is 12.1 Å². The normalized spacial score (nSPS) is 18.6. The molecule has 1 aliphatic rings. The highest BCUT2D eigenvalue weighted by Crippen LogP contribution is 2.32. The second-order valence-electron chi connectivity index (χ2n) is 6.78. The van der Waals surface area contributed by atoms with Crippen molar-refractivity contribution in [1.82, 2.24) is 5.32 Å². The average Bonchev–Trinajstić information content (AvgIpc) is 2.70. The maximum atomic E-state index is 14.6. The van der Waals surface area contributed by atoms with E-state index < -0.39 is 11.5 Å². The number of ether oxygens (including phenoxy) is 2. The Labute approximate surface area is 169 Å². The van der Waals surface area contributed by atoms with Crippen molar-refractivity contribution in [2.24, 2.45) is 10.7 Å². The van der Waals surface area contributed by atoms with Gasteiger partial charge in [0.15, 0.2) is 11.5 Å². The first-order chi connectivity index (χ1) is 13.9. The maximum Gasteiger partial charge on any atom is 0.202 e. The molecule has 0 radical (unpaired) electrons. The topological polar surface area (TPSA) is 101 Å². The number of benzene rings is 2. The van der Waals surface area contributed by atoms with Crippen molar-refractivity contribution in [2.75, 3.05) is 18.5 Å². The summed E-state index contributed by atoms with van der Waals surface area (Å²) in [6.07, 6.45) is 1.23. The molecule has 154 valence electrons. The van der Waals surface area contributed by atoms with Crippen molar-refractivity contribution in [3.8, 4) is 11.5 Å². The number of aliphatic imine (C=N–C) groups is 1. The molecule has 0 aliphatic carbocycles. The molecule has 7 nitrogen and oxygen atoms in total. The molecule has 5 N–H and O–H groups in total. The van der Waals surface area contributed by atoms with Crippen molar-refractivity contribution >= 4 is 11.6 Å². The lowest BCUT2D eigenvalue weighted by molar-refractivity contribution is 0.201. The first-order valence-electron chi connectivity index (χ1n) is 9.30. The second kappa shape index (κ2) is 8.93. The predicted molar refractivity (Wildman–Crippen MR) is 110 cm³/mol. The van der Waals surface area contributed by atoms with Crippen LogP contribution < -0.4 is 25.8 Å². The number of nitrogens with two attached hydrogens (primary N) is 1. The van der Waals surface area contributed by atoms with Gasteiger partial charge in [-0.2, -0.15) is 0 Å². The summed E-state index contributed by atoms with van der Waals surface area (Å²) in [5.41, 5.74) is 5.87. The van der Waals surface area contributed by atoms with E-state index >= 15 is 0 Å². The zero-order valence-corrected chi connectivity index (χ0v) is 16.4. The van der Waals surface area contributed by atoms with Crippen LogP contribution in [0, 0.1) is 0 Å². The van der Waals surface area contributed by atoms with Crippen LogP contribution in [0.2, 0.25) is 0 Å². The molecule has 0 aromatic heterocycles. The zero-order valence-electron chi connectivity index (χ0n) is 16.4. The van der Waals surface area contributed by atoms with Gasteiger partial charge in [0.1, 0.15) is 18.1 Å². The summed E-state index contributed by atoms with van der Waals surface area (Å²) in [5.74, 6) is 1.01. The molecule has 0 bridgehead atoms.